The average Bonchev–Trinajstić information content (AvgIpc) is 2.22. The van der Waals surface area contributed by atoms with Crippen molar-refractivity contribution in [3.05, 3.63) is 0 Å². The topological polar surface area (TPSA) is 32.3 Å². The molecule has 0 rings (SSSR count). The van der Waals surface area contributed by atoms with Gasteiger partial charge < -0.3 is 10.4 Å². The van der Waals surface area contributed by atoms with E-state index in [0.29, 0.717) is 6.04 Å². The van der Waals surface area contributed by atoms with Gasteiger partial charge in [-0.1, -0.05) is 46.0 Å². The van der Waals surface area contributed by atoms with E-state index in [4.69, 9.17) is 0 Å². The van der Waals surface area contributed by atoms with Crippen LogP contribution in [0.25, 0.3) is 0 Å². The molecule has 2 nitrogen and oxygen atoms in total. The molecule has 0 spiro atoms. The summed E-state index contributed by atoms with van der Waals surface area (Å²) in [7, 11) is 0. The zero-order chi connectivity index (χ0) is 11.5. The summed E-state index contributed by atoms with van der Waals surface area (Å²) >= 11 is 0. The van der Waals surface area contributed by atoms with Gasteiger partial charge in [-0.2, -0.15) is 0 Å². The van der Waals surface area contributed by atoms with E-state index < -0.39 is 0 Å². The Balaban J connectivity index is 3.36. The molecule has 2 N–H and O–H groups in total. The molecular formula is C13H29NO. The molecule has 0 amide bonds. The van der Waals surface area contributed by atoms with Crippen LogP contribution >= 0.6 is 0 Å². The third-order valence-corrected chi connectivity index (χ3v) is 2.85. The van der Waals surface area contributed by atoms with Crippen molar-refractivity contribution in [3.8, 4) is 0 Å². The fourth-order valence-corrected chi connectivity index (χ4v) is 1.78. The zero-order valence-corrected chi connectivity index (χ0v) is 10.8. The van der Waals surface area contributed by atoms with Crippen molar-refractivity contribution in [2.24, 2.45) is 0 Å². The van der Waals surface area contributed by atoms with Gasteiger partial charge in [-0.25, -0.2) is 0 Å². The smallest absolute Gasteiger partial charge is 0.0636 e. The summed E-state index contributed by atoms with van der Waals surface area (Å²) in [6, 6.07) is 0.598. The monoisotopic (exact) mass is 215 g/mol. The Kier molecular flexibility index (Phi) is 10.4. The first-order valence-corrected chi connectivity index (χ1v) is 6.62. The Hall–Kier alpha value is -0.0800. The van der Waals surface area contributed by atoms with Crippen molar-refractivity contribution >= 4 is 0 Å². The summed E-state index contributed by atoms with van der Waals surface area (Å²) in [5.74, 6) is 0. The van der Waals surface area contributed by atoms with Gasteiger partial charge in [0.2, 0.25) is 0 Å². The molecule has 0 aromatic rings. The molecule has 0 fully saturated rings. The highest BCUT2D eigenvalue weighted by Crippen LogP contribution is 2.09. The highest BCUT2D eigenvalue weighted by Gasteiger charge is 2.05. The molecule has 92 valence electrons. The second-order valence-corrected chi connectivity index (χ2v) is 4.57. The van der Waals surface area contributed by atoms with E-state index in [-0.39, 0.29) is 6.10 Å². The Morgan fingerprint density at radius 2 is 1.73 bits per heavy atom. The summed E-state index contributed by atoms with van der Waals surface area (Å²) in [6.07, 6.45) is 8.96. The van der Waals surface area contributed by atoms with Crippen LogP contribution in [0.4, 0.5) is 0 Å². The largest absolute Gasteiger partial charge is 0.392 e. The molecule has 15 heavy (non-hydrogen) atoms. The molecule has 0 aliphatic carbocycles. The number of hydrogen-bond acceptors (Lipinski definition) is 2. The van der Waals surface area contributed by atoms with E-state index in [1.165, 1.54) is 44.9 Å². The van der Waals surface area contributed by atoms with Gasteiger partial charge in [-0.05, 0) is 19.8 Å². The number of nitrogens with one attached hydrogen (secondary N) is 1. The first-order valence-electron chi connectivity index (χ1n) is 6.62. The normalized spacial score (nSPS) is 15.2. The summed E-state index contributed by atoms with van der Waals surface area (Å²) in [4.78, 5) is 0. The van der Waals surface area contributed by atoms with E-state index in [0.717, 1.165) is 6.54 Å². The van der Waals surface area contributed by atoms with Crippen LogP contribution < -0.4 is 5.32 Å². The lowest BCUT2D eigenvalue weighted by molar-refractivity contribution is 0.184. The van der Waals surface area contributed by atoms with Gasteiger partial charge in [0.05, 0.1) is 6.10 Å². The van der Waals surface area contributed by atoms with Gasteiger partial charge in [-0.15, -0.1) is 0 Å². The second-order valence-electron chi connectivity index (χ2n) is 4.57. The van der Waals surface area contributed by atoms with E-state index in [2.05, 4.69) is 19.2 Å². The minimum absolute atomic E-state index is 0.223. The number of aliphatic hydroxyl groups excluding tert-OH is 1. The van der Waals surface area contributed by atoms with Crippen molar-refractivity contribution in [1.29, 1.82) is 0 Å². The third kappa shape index (κ3) is 10.2. The maximum Gasteiger partial charge on any atom is 0.0636 e. The van der Waals surface area contributed by atoms with Crippen LogP contribution in [-0.4, -0.2) is 23.8 Å². The Labute approximate surface area is 95.5 Å². The van der Waals surface area contributed by atoms with Crippen molar-refractivity contribution in [2.45, 2.75) is 77.9 Å². The first-order chi connectivity index (χ1) is 7.20. The lowest BCUT2D eigenvalue weighted by Gasteiger charge is -2.17. The summed E-state index contributed by atoms with van der Waals surface area (Å²) < 4.78 is 0. The Morgan fingerprint density at radius 1 is 1.07 bits per heavy atom. The van der Waals surface area contributed by atoms with Crippen molar-refractivity contribution in [1.82, 2.24) is 5.32 Å². The fraction of sp³-hybridized carbons (Fsp3) is 1.00. The number of hydrogen-bond donors (Lipinski definition) is 2. The molecule has 0 saturated heterocycles. The van der Waals surface area contributed by atoms with Crippen LogP contribution in [-0.2, 0) is 0 Å². The maximum absolute atomic E-state index is 9.18. The summed E-state index contributed by atoms with van der Waals surface area (Å²) in [5, 5.41) is 12.6. The second kappa shape index (κ2) is 10.4. The van der Waals surface area contributed by atoms with Gasteiger partial charge in [-0.3, -0.25) is 0 Å². The lowest BCUT2D eigenvalue weighted by atomic mass is 10.0. The summed E-state index contributed by atoms with van der Waals surface area (Å²) in [6.45, 7) is 7.03. The number of unbranched alkanes of at least 4 members (excludes halogenated alkanes) is 4. The van der Waals surface area contributed by atoms with E-state index in [1.807, 2.05) is 6.92 Å². The SMILES string of the molecule is CCCCCCCC(CC)NCC(C)O. The van der Waals surface area contributed by atoms with Gasteiger partial charge in [0.25, 0.3) is 0 Å². The van der Waals surface area contributed by atoms with Gasteiger partial charge in [0.1, 0.15) is 0 Å². The van der Waals surface area contributed by atoms with Gasteiger partial charge >= 0.3 is 0 Å². The minimum atomic E-state index is -0.223. The van der Waals surface area contributed by atoms with Crippen molar-refractivity contribution in [3.63, 3.8) is 0 Å². The highest BCUT2D eigenvalue weighted by molar-refractivity contribution is 4.66. The van der Waals surface area contributed by atoms with Crippen LogP contribution in [0, 0.1) is 0 Å². The van der Waals surface area contributed by atoms with Crippen LogP contribution in [0.3, 0.4) is 0 Å². The molecule has 0 radical (unpaired) electrons. The highest BCUT2D eigenvalue weighted by atomic mass is 16.3. The van der Waals surface area contributed by atoms with E-state index in [1.54, 1.807) is 0 Å². The predicted molar refractivity (Wildman–Crippen MR) is 67.1 cm³/mol. The molecule has 0 saturated carbocycles. The van der Waals surface area contributed by atoms with Gasteiger partial charge in [0.15, 0.2) is 0 Å². The Morgan fingerprint density at radius 3 is 2.27 bits per heavy atom. The maximum atomic E-state index is 9.18. The third-order valence-electron chi connectivity index (χ3n) is 2.85. The number of rotatable bonds is 10. The Bertz CT molecular complexity index is 126. The van der Waals surface area contributed by atoms with E-state index in [9.17, 15) is 5.11 Å². The van der Waals surface area contributed by atoms with Gasteiger partial charge in [0, 0.05) is 12.6 Å². The first kappa shape index (κ1) is 14.9. The van der Waals surface area contributed by atoms with Crippen molar-refractivity contribution in [2.75, 3.05) is 6.54 Å². The molecule has 2 atom stereocenters. The van der Waals surface area contributed by atoms with Crippen LogP contribution in [0.1, 0.15) is 65.7 Å². The zero-order valence-electron chi connectivity index (χ0n) is 10.8. The average molecular weight is 215 g/mol. The molecule has 0 aromatic heterocycles. The van der Waals surface area contributed by atoms with Crippen LogP contribution in [0.5, 0.6) is 0 Å². The molecule has 0 bridgehead atoms. The minimum Gasteiger partial charge on any atom is -0.392 e. The number of aliphatic hydroxyl groups is 1. The van der Waals surface area contributed by atoms with Crippen LogP contribution in [0.15, 0.2) is 0 Å². The van der Waals surface area contributed by atoms with Crippen LogP contribution in [0.2, 0.25) is 0 Å². The fourth-order valence-electron chi connectivity index (χ4n) is 1.78. The quantitative estimate of drug-likeness (QED) is 0.549. The standard InChI is InChI=1S/C13H29NO/c1-4-6-7-8-9-10-13(5-2)14-11-12(3)15/h12-15H,4-11H2,1-3H3. The molecule has 2 unspecified atom stereocenters. The lowest BCUT2D eigenvalue weighted by Crippen LogP contribution is -2.34. The molecule has 0 aliphatic heterocycles. The predicted octanol–water partition coefficient (Wildman–Crippen LogP) is 3.10. The molecule has 0 heterocycles. The summed E-state index contributed by atoms with van der Waals surface area (Å²) in [5.41, 5.74) is 0. The van der Waals surface area contributed by atoms with Crippen molar-refractivity contribution < 1.29 is 5.11 Å². The molecular weight excluding hydrogens is 186 g/mol. The van der Waals surface area contributed by atoms with E-state index >= 15 is 0 Å². The molecule has 0 aliphatic rings. The molecule has 2 heteroatoms. The molecule has 0 aromatic carbocycles.